The molecular formula is C10H5F6NO3. The standard InChI is InChI=1S/C10H5F6NO3/c11-3-1-2-4-6(5(3)7(18)9(12,13)14)20-10(15,16)8(19)17-4/h1-2,7,18H,(H,17,19). The molecule has 1 amide bonds. The summed E-state index contributed by atoms with van der Waals surface area (Å²) < 4.78 is 80.5. The number of benzene rings is 1. The van der Waals surface area contributed by atoms with Gasteiger partial charge in [-0.05, 0) is 12.1 Å². The Morgan fingerprint density at radius 2 is 1.90 bits per heavy atom. The Morgan fingerprint density at radius 3 is 2.45 bits per heavy atom. The number of rotatable bonds is 1. The van der Waals surface area contributed by atoms with Crippen LogP contribution in [0.1, 0.15) is 11.7 Å². The number of halogens is 6. The van der Waals surface area contributed by atoms with E-state index in [1.54, 1.807) is 5.32 Å². The van der Waals surface area contributed by atoms with E-state index in [-0.39, 0.29) is 0 Å². The van der Waals surface area contributed by atoms with Gasteiger partial charge in [-0.15, -0.1) is 0 Å². The van der Waals surface area contributed by atoms with Gasteiger partial charge in [-0.2, -0.15) is 22.0 Å². The average Bonchev–Trinajstić information content (AvgIpc) is 2.29. The van der Waals surface area contributed by atoms with Gasteiger partial charge >= 0.3 is 18.2 Å². The molecule has 1 atom stereocenters. The van der Waals surface area contributed by atoms with Crippen molar-refractivity contribution < 1.29 is 41.0 Å². The summed E-state index contributed by atoms with van der Waals surface area (Å²) in [6.07, 6.45) is -13.1. The molecule has 0 saturated heterocycles. The lowest BCUT2D eigenvalue weighted by molar-refractivity contribution is -0.211. The van der Waals surface area contributed by atoms with E-state index in [1.165, 1.54) is 0 Å². The lowest BCUT2D eigenvalue weighted by Crippen LogP contribution is -2.44. The number of carbonyl (C=O) groups excluding carboxylic acids is 1. The van der Waals surface area contributed by atoms with Crippen molar-refractivity contribution in [1.29, 1.82) is 0 Å². The Hall–Kier alpha value is -1.97. The van der Waals surface area contributed by atoms with Crippen LogP contribution in [-0.2, 0) is 4.79 Å². The molecule has 4 nitrogen and oxygen atoms in total. The summed E-state index contributed by atoms with van der Waals surface area (Å²) in [7, 11) is 0. The first kappa shape index (κ1) is 14.4. The highest BCUT2D eigenvalue weighted by atomic mass is 19.4. The first-order valence-corrected chi connectivity index (χ1v) is 4.99. The van der Waals surface area contributed by atoms with Crippen molar-refractivity contribution in [1.82, 2.24) is 0 Å². The molecule has 0 aliphatic carbocycles. The number of nitrogens with one attached hydrogen (secondary N) is 1. The van der Waals surface area contributed by atoms with Crippen LogP contribution in [0, 0.1) is 5.82 Å². The van der Waals surface area contributed by atoms with Gasteiger partial charge < -0.3 is 15.2 Å². The van der Waals surface area contributed by atoms with Crippen molar-refractivity contribution in [3.8, 4) is 5.75 Å². The summed E-state index contributed by atoms with van der Waals surface area (Å²) in [4.78, 5) is 10.9. The minimum absolute atomic E-state index is 0.482. The Balaban J connectivity index is 2.60. The fourth-order valence-corrected chi connectivity index (χ4v) is 1.57. The molecule has 1 unspecified atom stereocenters. The molecule has 1 aliphatic heterocycles. The molecular weight excluding hydrogens is 296 g/mol. The Kier molecular flexibility index (Phi) is 3.08. The fraction of sp³-hybridized carbons (Fsp3) is 0.300. The molecule has 2 N–H and O–H groups in total. The normalized spacial score (nSPS) is 18.9. The molecule has 0 spiro atoms. The van der Waals surface area contributed by atoms with E-state index in [0.29, 0.717) is 6.07 Å². The quantitative estimate of drug-likeness (QED) is 0.783. The number of aliphatic hydroxyl groups excluding tert-OH is 1. The molecule has 1 aliphatic rings. The van der Waals surface area contributed by atoms with Gasteiger partial charge in [-0.3, -0.25) is 4.79 Å². The van der Waals surface area contributed by atoms with Crippen LogP contribution in [0.4, 0.5) is 32.0 Å². The van der Waals surface area contributed by atoms with Crippen molar-refractivity contribution >= 4 is 11.6 Å². The van der Waals surface area contributed by atoms with Crippen molar-refractivity contribution in [2.45, 2.75) is 18.4 Å². The number of fused-ring (bicyclic) bond motifs is 1. The van der Waals surface area contributed by atoms with Crippen LogP contribution in [0.15, 0.2) is 12.1 Å². The van der Waals surface area contributed by atoms with Crippen LogP contribution in [0.3, 0.4) is 0 Å². The minimum Gasteiger partial charge on any atom is -0.423 e. The second-order valence-electron chi connectivity index (χ2n) is 3.85. The number of anilines is 1. The Morgan fingerprint density at radius 1 is 1.30 bits per heavy atom. The molecule has 0 saturated carbocycles. The maximum atomic E-state index is 13.4. The monoisotopic (exact) mass is 301 g/mol. The lowest BCUT2D eigenvalue weighted by Gasteiger charge is -2.28. The van der Waals surface area contributed by atoms with Crippen molar-refractivity contribution in [2.75, 3.05) is 5.32 Å². The van der Waals surface area contributed by atoms with Crippen molar-refractivity contribution in [2.24, 2.45) is 0 Å². The summed E-state index contributed by atoms with van der Waals surface area (Å²) in [6.45, 7) is 0. The zero-order chi connectivity index (χ0) is 15.3. The third kappa shape index (κ3) is 2.26. The van der Waals surface area contributed by atoms with Crippen LogP contribution in [-0.4, -0.2) is 23.3 Å². The van der Waals surface area contributed by atoms with Gasteiger partial charge in [-0.1, -0.05) is 0 Å². The number of carbonyl (C=O) groups is 1. The van der Waals surface area contributed by atoms with Crippen molar-refractivity contribution in [3.63, 3.8) is 0 Å². The summed E-state index contributed by atoms with van der Waals surface area (Å²) >= 11 is 0. The Labute approximate surface area is 106 Å². The van der Waals surface area contributed by atoms with Gasteiger partial charge in [0.2, 0.25) is 0 Å². The molecule has 2 rings (SSSR count). The Bertz CT molecular complexity index is 571. The third-order valence-corrected chi connectivity index (χ3v) is 2.47. The minimum atomic E-state index is -5.30. The molecule has 10 heteroatoms. The van der Waals surface area contributed by atoms with E-state index >= 15 is 0 Å². The molecule has 0 bridgehead atoms. The van der Waals surface area contributed by atoms with E-state index in [1.807, 2.05) is 0 Å². The van der Waals surface area contributed by atoms with Crippen molar-refractivity contribution in [3.05, 3.63) is 23.5 Å². The number of aliphatic hydroxyl groups is 1. The lowest BCUT2D eigenvalue weighted by atomic mass is 10.0. The fourth-order valence-electron chi connectivity index (χ4n) is 1.57. The second kappa shape index (κ2) is 4.27. The summed E-state index contributed by atoms with van der Waals surface area (Å²) in [6, 6.07) is 1.22. The van der Waals surface area contributed by atoms with Gasteiger partial charge in [0.25, 0.3) is 0 Å². The predicted molar refractivity (Wildman–Crippen MR) is 51.6 cm³/mol. The highest BCUT2D eigenvalue weighted by Crippen LogP contribution is 2.45. The van der Waals surface area contributed by atoms with E-state index in [2.05, 4.69) is 4.74 Å². The van der Waals surface area contributed by atoms with E-state index in [4.69, 9.17) is 5.11 Å². The van der Waals surface area contributed by atoms with Crippen LogP contribution in [0.2, 0.25) is 0 Å². The SMILES string of the molecule is O=C1Nc2ccc(F)c(C(O)C(F)(F)F)c2OC1(F)F. The first-order valence-electron chi connectivity index (χ1n) is 4.99. The predicted octanol–water partition coefficient (Wildman–Crippen LogP) is 2.35. The molecule has 0 radical (unpaired) electrons. The van der Waals surface area contributed by atoms with Gasteiger partial charge in [0.05, 0.1) is 11.3 Å². The number of hydrogen-bond acceptors (Lipinski definition) is 3. The molecule has 0 aromatic heterocycles. The van der Waals surface area contributed by atoms with Gasteiger partial charge in [0, 0.05) is 0 Å². The van der Waals surface area contributed by atoms with E-state index < -0.39 is 47.1 Å². The maximum absolute atomic E-state index is 13.4. The second-order valence-corrected chi connectivity index (χ2v) is 3.85. The molecule has 1 heterocycles. The average molecular weight is 301 g/mol. The van der Waals surface area contributed by atoms with Gasteiger partial charge in [-0.25, -0.2) is 4.39 Å². The highest BCUT2D eigenvalue weighted by Gasteiger charge is 2.50. The number of alkyl halides is 5. The zero-order valence-electron chi connectivity index (χ0n) is 9.26. The number of amides is 1. The molecule has 0 fully saturated rings. The van der Waals surface area contributed by atoms with Gasteiger partial charge in [0.1, 0.15) is 5.82 Å². The van der Waals surface area contributed by atoms with Crippen LogP contribution in [0.25, 0.3) is 0 Å². The molecule has 1 aromatic carbocycles. The van der Waals surface area contributed by atoms with Gasteiger partial charge in [0.15, 0.2) is 11.9 Å². The molecule has 1 aromatic rings. The smallest absolute Gasteiger partial charge is 0.423 e. The van der Waals surface area contributed by atoms with E-state index in [0.717, 1.165) is 6.07 Å². The molecule has 20 heavy (non-hydrogen) atoms. The summed E-state index contributed by atoms with van der Waals surface area (Å²) in [5, 5.41) is 10.6. The van der Waals surface area contributed by atoms with E-state index in [9.17, 15) is 31.1 Å². The molecule has 110 valence electrons. The number of hydrogen-bond donors (Lipinski definition) is 2. The summed E-state index contributed by atoms with van der Waals surface area (Å²) in [5.74, 6) is -4.77. The van der Waals surface area contributed by atoms with Crippen LogP contribution < -0.4 is 10.1 Å². The van der Waals surface area contributed by atoms with Crippen LogP contribution >= 0.6 is 0 Å². The summed E-state index contributed by atoms with van der Waals surface area (Å²) in [5.41, 5.74) is -2.12. The third-order valence-electron chi connectivity index (χ3n) is 2.47. The zero-order valence-corrected chi connectivity index (χ0v) is 9.26. The van der Waals surface area contributed by atoms with Crippen LogP contribution in [0.5, 0.6) is 5.75 Å². The first-order chi connectivity index (χ1) is 9.04. The topological polar surface area (TPSA) is 58.6 Å². The largest absolute Gasteiger partial charge is 0.482 e. The maximum Gasteiger partial charge on any atom is 0.482 e. The highest BCUT2D eigenvalue weighted by molar-refractivity contribution is 5.98. The number of ether oxygens (including phenoxy) is 1.